The number of anilines is 2. The summed E-state index contributed by atoms with van der Waals surface area (Å²) < 4.78 is 44.7. The molecule has 0 saturated carbocycles. The lowest BCUT2D eigenvalue weighted by Gasteiger charge is -2.37. The van der Waals surface area contributed by atoms with E-state index in [-0.39, 0.29) is 23.6 Å². The number of nitrogens with one attached hydrogen (secondary N) is 1. The van der Waals surface area contributed by atoms with Crippen LogP contribution in [0.25, 0.3) is 10.9 Å². The summed E-state index contributed by atoms with van der Waals surface area (Å²) >= 11 is 0. The minimum absolute atomic E-state index is 0.00729. The van der Waals surface area contributed by atoms with E-state index in [1.165, 1.54) is 12.3 Å². The Kier molecular flexibility index (Phi) is 6.06. The molecule has 1 saturated heterocycles. The Bertz CT molecular complexity index is 1120. The highest BCUT2D eigenvalue weighted by Crippen LogP contribution is 2.33. The molecule has 8 heteroatoms. The lowest BCUT2D eigenvalue weighted by atomic mass is 10.1. The molecule has 1 aliphatic rings. The molecule has 168 valence electrons. The van der Waals surface area contributed by atoms with Crippen LogP contribution < -0.4 is 5.32 Å². The van der Waals surface area contributed by atoms with Crippen LogP contribution in [0.15, 0.2) is 54.7 Å². The quantitative estimate of drug-likeness (QED) is 0.567. The van der Waals surface area contributed by atoms with Crippen molar-refractivity contribution < 1.29 is 22.7 Å². The molecular weight excluding hydrogens is 419 g/mol. The Hall–Kier alpha value is -3.13. The van der Waals surface area contributed by atoms with Gasteiger partial charge in [0.2, 0.25) is 0 Å². The van der Waals surface area contributed by atoms with E-state index in [0.29, 0.717) is 29.8 Å². The molecule has 0 bridgehead atoms. The van der Waals surface area contributed by atoms with E-state index in [4.69, 9.17) is 4.74 Å². The summed E-state index contributed by atoms with van der Waals surface area (Å²) in [4.78, 5) is 18.9. The fourth-order valence-corrected chi connectivity index (χ4v) is 3.80. The minimum atomic E-state index is -4.42. The van der Waals surface area contributed by atoms with E-state index >= 15 is 0 Å². The molecule has 0 aliphatic carbocycles. The third kappa shape index (κ3) is 4.55. The zero-order chi connectivity index (χ0) is 22.9. The maximum absolute atomic E-state index is 13.0. The van der Waals surface area contributed by atoms with Gasteiger partial charge in [0, 0.05) is 35.1 Å². The first-order chi connectivity index (χ1) is 15.3. The number of carbonyl (C=O) groups is 1. The standard InChI is InChI=1S/C24H24F3N3O2/c1-3-19-13-30(15(2)14-32-19)23(31)16-4-7-18(8-5-16)29-21-10-11-28-22-12-17(24(25,26)27)6-9-20(21)22/h4-12,15,19H,3,13-14H2,1-2H3,(H,28,29). The summed E-state index contributed by atoms with van der Waals surface area (Å²) in [6.07, 6.45) is -2.05. The van der Waals surface area contributed by atoms with Gasteiger partial charge in [-0.1, -0.05) is 13.0 Å². The van der Waals surface area contributed by atoms with Gasteiger partial charge in [0.25, 0.3) is 5.91 Å². The van der Waals surface area contributed by atoms with Crippen molar-refractivity contribution >= 4 is 28.2 Å². The molecule has 1 aliphatic heterocycles. The molecule has 5 nitrogen and oxygen atoms in total. The molecule has 4 rings (SSSR count). The lowest BCUT2D eigenvalue weighted by Crippen LogP contribution is -2.50. The van der Waals surface area contributed by atoms with Crippen molar-refractivity contribution in [3.05, 3.63) is 65.9 Å². The molecule has 1 fully saturated rings. The second-order valence-electron chi connectivity index (χ2n) is 7.96. The maximum atomic E-state index is 13.0. The van der Waals surface area contributed by atoms with Crippen molar-refractivity contribution in [3.8, 4) is 0 Å². The van der Waals surface area contributed by atoms with Crippen LogP contribution in [-0.2, 0) is 10.9 Å². The number of carbonyl (C=O) groups excluding carboxylic acids is 1. The molecule has 3 aromatic rings. The summed E-state index contributed by atoms with van der Waals surface area (Å²) in [6.45, 7) is 5.10. The van der Waals surface area contributed by atoms with Gasteiger partial charge in [-0.25, -0.2) is 0 Å². The van der Waals surface area contributed by atoms with Gasteiger partial charge < -0.3 is 15.0 Å². The summed E-state index contributed by atoms with van der Waals surface area (Å²) in [5.41, 5.74) is 1.45. The summed E-state index contributed by atoms with van der Waals surface area (Å²) in [5.74, 6) is -0.0418. The molecule has 1 aromatic heterocycles. The van der Waals surface area contributed by atoms with Crippen LogP contribution in [0.2, 0.25) is 0 Å². The van der Waals surface area contributed by atoms with Gasteiger partial charge >= 0.3 is 6.18 Å². The first kappa shape index (κ1) is 22.1. The molecule has 1 amide bonds. The van der Waals surface area contributed by atoms with E-state index in [2.05, 4.69) is 10.3 Å². The molecule has 2 atom stereocenters. The van der Waals surface area contributed by atoms with Gasteiger partial charge in [0.1, 0.15) is 0 Å². The topological polar surface area (TPSA) is 54.5 Å². The van der Waals surface area contributed by atoms with Crippen LogP contribution in [0.5, 0.6) is 0 Å². The van der Waals surface area contributed by atoms with Crippen molar-refractivity contribution in [2.24, 2.45) is 0 Å². The van der Waals surface area contributed by atoms with Crippen LogP contribution in [0.4, 0.5) is 24.5 Å². The van der Waals surface area contributed by atoms with Crippen LogP contribution in [0, 0.1) is 0 Å². The van der Waals surface area contributed by atoms with E-state index in [0.717, 1.165) is 24.2 Å². The molecular formula is C24H24F3N3O2. The summed E-state index contributed by atoms with van der Waals surface area (Å²) in [7, 11) is 0. The Labute approximate surface area is 184 Å². The van der Waals surface area contributed by atoms with E-state index in [9.17, 15) is 18.0 Å². The highest BCUT2D eigenvalue weighted by atomic mass is 19.4. The van der Waals surface area contributed by atoms with Crippen LogP contribution >= 0.6 is 0 Å². The number of aromatic nitrogens is 1. The number of halogens is 3. The normalized spacial score (nSPS) is 19.2. The predicted molar refractivity (Wildman–Crippen MR) is 117 cm³/mol. The number of hydrogen-bond acceptors (Lipinski definition) is 4. The molecule has 2 unspecified atom stereocenters. The number of amides is 1. The van der Waals surface area contributed by atoms with Crippen molar-refractivity contribution in [1.82, 2.24) is 9.88 Å². The van der Waals surface area contributed by atoms with Crippen LogP contribution in [0.1, 0.15) is 36.2 Å². The molecule has 2 heterocycles. The van der Waals surface area contributed by atoms with Gasteiger partial charge in [-0.3, -0.25) is 9.78 Å². The zero-order valence-electron chi connectivity index (χ0n) is 17.8. The Balaban J connectivity index is 1.53. The molecule has 0 spiro atoms. The highest BCUT2D eigenvalue weighted by Gasteiger charge is 2.31. The van der Waals surface area contributed by atoms with Gasteiger partial charge in [0.05, 0.1) is 29.8 Å². The van der Waals surface area contributed by atoms with Gasteiger partial charge in [-0.15, -0.1) is 0 Å². The molecule has 0 radical (unpaired) electrons. The van der Waals surface area contributed by atoms with Gasteiger partial charge in [-0.05, 0) is 55.8 Å². The zero-order valence-corrected chi connectivity index (χ0v) is 17.8. The minimum Gasteiger partial charge on any atom is -0.374 e. The number of hydrogen-bond donors (Lipinski definition) is 1. The van der Waals surface area contributed by atoms with Crippen LogP contribution in [0.3, 0.4) is 0 Å². The largest absolute Gasteiger partial charge is 0.416 e. The summed E-state index contributed by atoms with van der Waals surface area (Å²) in [5, 5.41) is 3.79. The van der Waals surface area contributed by atoms with E-state index in [1.54, 1.807) is 30.3 Å². The van der Waals surface area contributed by atoms with Crippen molar-refractivity contribution in [2.75, 3.05) is 18.5 Å². The number of pyridine rings is 1. The number of morpholine rings is 1. The average Bonchev–Trinajstić information content (AvgIpc) is 2.79. The van der Waals surface area contributed by atoms with Gasteiger partial charge in [0.15, 0.2) is 0 Å². The number of ether oxygens (including phenoxy) is 1. The number of rotatable bonds is 4. The SMILES string of the molecule is CCC1CN(C(=O)c2ccc(Nc3ccnc4cc(C(F)(F)F)ccc34)cc2)C(C)CO1. The highest BCUT2D eigenvalue weighted by molar-refractivity contribution is 5.96. The van der Waals surface area contributed by atoms with Crippen molar-refractivity contribution in [1.29, 1.82) is 0 Å². The Morgan fingerprint density at radius 1 is 1.19 bits per heavy atom. The first-order valence-electron chi connectivity index (χ1n) is 10.5. The predicted octanol–water partition coefficient (Wildman–Crippen LogP) is 5.64. The first-order valence-corrected chi connectivity index (χ1v) is 10.5. The third-order valence-corrected chi connectivity index (χ3v) is 5.70. The Morgan fingerprint density at radius 3 is 2.62 bits per heavy atom. The smallest absolute Gasteiger partial charge is 0.374 e. The number of fused-ring (bicyclic) bond motifs is 1. The average molecular weight is 443 g/mol. The van der Waals surface area contributed by atoms with Gasteiger partial charge in [-0.2, -0.15) is 13.2 Å². The summed E-state index contributed by atoms with van der Waals surface area (Å²) in [6, 6.07) is 12.3. The second-order valence-corrected chi connectivity index (χ2v) is 7.96. The molecule has 2 aromatic carbocycles. The molecule has 32 heavy (non-hydrogen) atoms. The fourth-order valence-electron chi connectivity index (χ4n) is 3.80. The fraction of sp³-hybridized carbons (Fsp3) is 0.333. The van der Waals surface area contributed by atoms with E-state index < -0.39 is 11.7 Å². The Morgan fingerprint density at radius 2 is 1.94 bits per heavy atom. The molecule has 1 N–H and O–H groups in total. The number of benzene rings is 2. The van der Waals surface area contributed by atoms with Crippen LogP contribution in [-0.4, -0.2) is 41.1 Å². The van der Waals surface area contributed by atoms with Crippen molar-refractivity contribution in [3.63, 3.8) is 0 Å². The number of alkyl halides is 3. The van der Waals surface area contributed by atoms with Crippen molar-refractivity contribution in [2.45, 2.75) is 38.6 Å². The monoisotopic (exact) mass is 443 g/mol. The maximum Gasteiger partial charge on any atom is 0.416 e. The lowest BCUT2D eigenvalue weighted by molar-refractivity contribution is -0.137. The number of nitrogens with zero attached hydrogens (tertiary/aromatic N) is 2. The van der Waals surface area contributed by atoms with E-state index in [1.807, 2.05) is 18.7 Å². The second kappa shape index (κ2) is 8.78. The third-order valence-electron chi connectivity index (χ3n) is 5.70.